The number of rotatable bonds is 6. The molecule has 0 aliphatic carbocycles. The number of carboxylic acid groups (broad SMARTS) is 1. The number of nitrogens with one attached hydrogen (secondary N) is 2. The van der Waals surface area contributed by atoms with Crippen molar-refractivity contribution in [2.75, 3.05) is 12.4 Å². The van der Waals surface area contributed by atoms with Gasteiger partial charge in [0.2, 0.25) is 0 Å². The quantitative estimate of drug-likeness (QED) is 0.753. The first-order chi connectivity index (χ1) is 9.88. The number of carboxylic acids is 1. The molecular weight excluding hydrogens is 296 g/mol. The standard InChI is InChI=1S/C14H19ClN2O4/c1-4-14(5-2,12(18)19)17-13(20)16-9-6-7-11(21-3)10(15)8-9/h6-8H,4-5H2,1-3H3,(H,18,19)(H2,16,17,20). The minimum absolute atomic E-state index is 0.287. The molecular formula is C14H19ClN2O4. The molecule has 0 atom stereocenters. The zero-order valence-corrected chi connectivity index (χ0v) is 13.0. The Balaban J connectivity index is 2.81. The van der Waals surface area contributed by atoms with Crippen molar-refractivity contribution in [2.24, 2.45) is 0 Å². The van der Waals surface area contributed by atoms with Crippen LogP contribution in [-0.2, 0) is 4.79 Å². The summed E-state index contributed by atoms with van der Waals surface area (Å²) >= 11 is 5.96. The first-order valence-electron chi connectivity index (χ1n) is 6.54. The highest BCUT2D eigenvalue weighted by atomic mass is 35.5. The van der Waals surface area contributed by atoms with Crippen LogP contribution in [0.1, 0.15) is 26.7 Å². The molecule has 21 heavy (non-hydrogen) atoms. The number of benzene rings is 1. The van der Waals surface area contributed by atoms with Gasteiger partial charge in [0, 0.05) is 5.69 Å². The lowest BCUT2D eigenvalue weighted by Crippen LogP contribution is -2.54. The fourth-order valence-corrected chi connectivity index (χ4v) is 2.16. The molecule has 0 saturated heterocycles. The fourth-order valence-electron chi connectivity index (χ4n) is 1.91. The molecule has 2 amide bonds. The smallest absolute Gasteiger partial charge is 0.329 e. The number of carbonyl (C=O) groups is 2. The highest BCUT2D eigenvalue weighted by Crippen LogP contribution is 2.27. The Kier molecular flexibility index (Phi) is 5.84. The fraction of sp³-hybridized carbons (Fsp3) is 0.429. The number of carbonyl (C=O) groups excluding carboxylic acids is 1. The molecule has 6 nitrogen and oxygen atoms in total. The molecule has 3 N–H and O–H groups in total. The molecule has 0 aliphatic heterocycles. The van der Waals surface area contributed by atoms with Crippen LogP contribution in [-0.4, -0.2) is 29.8 Å². The summed E-state index contributed by atoms with van der Waals surface area (Å²) in [5.41, 5.74) is -0.829. The predicted molar refractivity (Wildman–Crippen MR) is 81.1 cm³/mol. The lowest BCUT2D eigenvalue weighted by atomic mass is 9.93. The van der Waals surface area contributed by atoms with Crippen molar-refractivity contribution in [1.82, 2.24) is 5.32 Å². The van der Waals surface area contributed by atoms with Gasteiger partial charge in [-0.2, -0.15) is 0 Å². The molecule has 0 radical (unpaired) electrons. The molecule has 1 rings (SSSR count). The minimum Gasteiger partial charge on any atom is -0.495 e. The maximum absolute atomic E-state index is 12.0. The Hall–Kier alpha value is -1.95. The lowest BCUT2D eigenvalue weighted by Gasteiger charge is -2.28. The van der Waals surface area contributed by atoms with Crippen molar-refractivity contribution in [3.8, 4) is 5.75 Å². The lowest BCUT2D eigenvalue weighted by molar-refractivity contribution is -0.144. The van der Waals surface area contributed by atoms with Gasteiger partial charge >= 0.3 is 12.0 Å². The molecule has 0 aliphatic rings. The maximum atomic E-state index is 12.0. The second-order valence-electron chi connectivity index (χ2n) is 4.52. The van der Waals surface area contributed by atoms with Crippen LogP contribution in [0, 0.1) is 0 Å². The van der Waals surface area contributed by atoms with Gasteiger partial charge in [0.1, 0.15) is 11.3 Å². The molecule has 1 aromatic rings. The van der Waals surface area contributed by atoms with Gasteiger partial charge in [-0.3, -0.25) is 0 Å². The molecule has 0 heterocycles. The minimum atomic E-state index is -1.28. The maximum Gasteiger partial charge on any atom is 0.329 e. The zero-order valence-electron chi connectivity index (χ0n) is 12.2. The summed E-state index contributed by atoms with van der Waals surface area (Å²) in [6.45, 7) is 3.42. The average Bonchev–Trinajstić information content (AvgIpc) is 2.44. The number of methoxy groups -OCH3 is 1. The topological polar surface area (TPSA) is 87.7 Å². The highest BCUT2D eigenvalue weighted by Gasteiger charge is 2.36. The van der Waals surface area contributed by atoms with Gasteiger partial charge in [0.05, 0.1) is 12.1 Å². The van der Waals surface area contributed by atoms with Gasteiger partial charge in [0.25, 0.3) is 0 Å². The Morgan fingerprint density at radius 3 is 2.38 bits per heavy atom. The van der Waals surface area contributed by atoms with Crippen molar-refractivity contribution >= 4 is 29.3 Å². The zero-order chi connectivity index (χ0) is 16.0. The predicted octanol–water partition coefficient (Wildman–Crippen LogP) is 3.11. The van der Waals surface area contributed by atoms with Gasteiger partial charge in [0.15, 0.2) is 0 Å². The Labute approximate surface area is 128 Å². The van der Waals surface area contributed by atoms with Crippen LogP contribution >= 0.6 is 11.6 Å². The van der Waals surface area contributed by atoms with Crippen molar-refractivity contribution < 1.29 is 19.4 Å². The first kappa shape index (κ1) is 17.1. The number of urea groups is 1. The molecule has 0 bridgehead atoms. The average molecular weight is 315 g/mol. The van der Waals surface area contributed by atoms with E-state index in [9.17, 15) is 14.7 Å². The van der Waals surface area contributed by atoms with Crippen molar-refractivity contribution in [3.05, 3.63) is 23.2 Å². The first-order valence-corrected chi connectivity index (χ1v) is 6.92. The Bertz CT molecular complexity index is 530. The van der Waals surface area contributed by atoms with Crippen LogP contribution in [0.2, 0.25) is 5.02 Å². The monoisotopic (exact) mass is 314 g/mol. The summed E-state index contributed by atoms with van der Waals surface area (Å²) in [5, 5.41) is 14.7. The van der Waals surface area contributed by atoms with Crippen LogP contribution in [0.5, 0.6) is 5.75 Å². The van der Waals surface area contributed by atoms with E-state index < -0.39 is 17.5 Å². The Morgan fingerprint density at radius 2 is 1.95 bits per heavy atom. The van der Waals surface area contributed by atoms with E-state index >= 15 is 0 Å². The number of hydrogen-bond acceptors (Lipinski definition) is 3. The van der Waals surface area contributed by atoms with E-state index in [2.05, 4.69) is 10.6 Å². The number of hydrogen-bond donors (Lipinski definition) is 3. The highest BCUT2D eigenvalue weighted by molar-refractivity contribution is 6.32. The summed E-state index contributed by atoms with van der Waals surface area (Å²) in [6.07, 6.45) is 0.575. The van der Waals surface area contributed by atoms with Crippen LogP contribution in [0.4, 0.5) is 10.5 Å². The number of anilines is 1. The second kappa shape index (κ2) is 7.17. The third-order valence-corrected chi connectivity index (χ3v) is 3.67. The summed E-state index contributed by atoms with van der Waals surface area (Å²) in [7, 11) is 1.49. The van der Waals surface area contributed by atoms with E-state index in [4.69, 9.17) is 16.3 Å². The number of amides is 2. The molecule has 1 aromatic carbocycles. The third kappa shape index (κ3) is 4.01. The largest absolute Gasteiger partial charge is 0.495 e. The van der Waals surface area contributed by atoms with E-state index in [0.29, 0.717) is 16.5 Å². The number of halogens is 1. The van der Waals surface area contributed by atoms with Gasteiger partial charge < -0.3 is 20.5 Å². The molecule has 0 spiro atoms. The molecule has 0 fully saturated rings. The summed E-state index contributed by atoms with van der Waals surface area (Å²) in [4.78, 5) is 23.3. The van der Waals surface area contributed by atoms with Gasteiger partial charge in [-0.25, -0.2) is 9.59 Å². The van der Waals surface area contributed by atoms with Crippen LogP contribution in [0.15, 0.2) is 18.2 Å². The van der Waals surface area contributed by atoms with Crippen molar-refractivity contribution in [2.45, 2.75) is 32.2 Å². The summed E-state index contributed by atoms with van der Waals surface area (Å²) < 4.78 is 5.01. The third-order valence-electron chi connectivity index (χ3n) is 3.38. The molecule has 0 aromatic heterocycles. The van der Waals surface area contributed by atoms with E-state index in [1.807, 2.05) is 0 Å². The number of ether oxygens (including phenoxy) is 1. The molecule has 116 valence electrons. The van der Waals surface area contributed by atoms with Crippen LogP contribution < -0.4 is 15.4 Å². The van der Waals surface area contributed by atoms with Gasteiger partial charge in [-0.1, -0.05) is 25.4 Å². The summed E-state index contributed by atoms with van der Waals surface area (Å²) in [5.74, 6) is -0.569. The van der Waals surface area contributed by atoms with Crippen LogP contribution in [0.3, 0.4) is 0 Å². The van der Waals surface area contributed by atoms with E-state index in [1.165, 1.54) is 13.2 Å². The molecule has 7 heteroatoms. The summed E-state index contributed by atoms with van der Waals surface area (Å²) in [6, 6.07) is 4.16. The van der Waals surface area contributed by atoms with E-state index in [-0.39, 0.29) is 12.8 Å². The normalized spacial score (nSPS) is 10.9. The Morgan fingerprint density at radius 1 is 1.33 bits per heavy atom. The van der Waals surface area contributed by atoms with Crippen molar-refractivity contribution in [3.63, 3.8) is 0 Å². The second-order valence-corrected chi connectivity index (χ2v) is 4.93. The molecule has 0 unspecified atom stereocenters. The van der Waals surface area contributed by atoms with Crippen LogP contribution in [0.25, 0.3) is 0 Å². The van der Waals surface area contributed by atoms with E-state index in [1.54, 1.807) is 26.0 Å². The van der Waals surface area contributed by atoms with Crippen molar-refractivity contribution in [1.29, 1.82) is 0 Å². The van der Waals surface area contributed by atoms with E-state index in [0.717, 1.165) is 0 Å². The van der Waals surface area contributed by atoms with Gasteiger partial charge in [-0.05, 0) is 31.0 Å². The molecule has 0 saturated carbocycles. The SMILES string of the molecule is CCC(CC)(NC(=O)Nc1ccc(OC)c(Cl)c1)C(=O)O. The van der Waals surface area contributed by atoms with Gasteiger partial charge in [-0.15, -0.1) is 0 Å². The number of aliphatic carboxylic acids is 1.